The molecule has 2 aromatic rings. The van der Waals surface area contributed by atoms with Gasteiger partial charge in [0.1, 0.15) is 5.75 Å². The highest BCUT2D eigenvalue weighted by Crippen LogP contribution is 2.22. The van der Waals surface area contributed by atoms with Gasteiger partial charge in [-0.05, 0) is 55.7 Å². The third-order valence-corrected chi connectivity index (χ3v) is 6.66. The van der Waals surface area contributed by atoms with Gasteiger partial charge in [0, 0.05) is 25.2 Å². The second-order valence-electron chi connectivity index (χ2n) is 7.11. The van der Waals surface area contributed by atoms with Gasteiger partial charge in [0.15, 0.2) is 6.61 Å². The van der Waals surface area contributed by atoms with Crippen molar-refractivity contribution in [1.29, 1.82) is 0 Å². The van der Waals surface area contributed by atoms with Crippen molar-refractivity contribution in [3.8, 4) is 5.75 Å². The molecule has 31 heavy (non-hydrogen) atoms. The highest BCUT2D eigenvalue weighted by Gasteiger charge is 2.26. The molecule has 0 saturated carbocycles. The number of esters is 1. The fraction of sp³-hybridized carbons (Fsp3) is 0.364. The minimum Gasteiger partial charge on any atom is -0.494 e. The Morgan fingerprint density at radius 2 is 1.65 bits per heavy atom. The maximum Gasteiger partial charge on any atom is 0.306 e. The fourth-order valence-electron chi connectivity index (χ4n) is 3.13. The summed E-state index contributed by atoms with van der Waals surface area (Å²) in [5.41, 5.74) is 0.428. The van der Waals surface area contributed by atoms with Crippen molar-refractivity contribution in [3.05, 3.63) is 54.6 Å². The van der Waals surface area contributed by atoms with Crippen LogP contribution in [0.1, 0.15) is 25.7 Å². The molecule has 0 radical (unpaired) electrons. The van der Waals surface area contributed by atoms with Crippen molar-refractivity contribution in [2.24, 2.45) is 0 Å². The SMILES string of the molecule is O=C(COC(=O)CCCOc1ccccc1)Nc1ccc(S(=O)(=O)N2CCCC2)cc1. The van der Waals surface area contributed by atoms with E-state index in [0.29, 0.717) is 31.8 Å². The summed E-state index contributed by atoms with van der Waals surface area (Å²) in [5.74, 6) is -0.252. The van der Waals surface area contributed by atoms with Crippen LogP contribution in [0.25, 0.3) is 0 Å². The molecule has 1 aliphatic rings. The molecule has 1 saturated heterocycles. The van der Waals surface area contributed by atoms with E-state index in [-0.39, 0.29) is 11.3 Å². The third kappa shape index (κ3) is 6.80. The van der Waals surface area contributed by atoms with Gasteiger partial charge >= 0.3 is 5.97 Å². The van der Waals surface area contributed by atoms with Gasteiger partial charge in [-0.3, -0.25) is 9.59 Å². The maximum atomic E-state index is 12.5. The molecule has 0 atom stereocenters. The average Bonchev–Trinajstić information content (AvgIpc) is 3.32. The molecular weight excluding hydrogens is 420 g/mol. The van der Waals surface area contributed by atoms with Crippen molar-refractivity contribution >= 4 is 27.6 Å². The lowest BCUT2D eigenvalue weighted by atomic mass is 10.3. The molecule has 0 bridgehead atoms. The summed E-state index contributed by atoms with van der Waals surface area (Å²) in [6.07, 6.45) is 2.35. The summed E-state index contributed by atoms with van der Waals surface area (Å²) >= 11 is 0. The standard InChI is InChI=1S/C22H26N2O6S/c25-21(17-30-22(26)9-6-16-29-19-7-2-1-3-8-19)23-18-10-12-20(13-11-18)31(27,28)24-14-4-5-15-24/h1-3,7-8,10-13H,4-6,9,14-17H2,(H,23,25). The lowest BCUT2D eigenvalue weighted by Crippen LogP contribution is -2.27. The van der Waals surface area contributed by atoms with E-state index in [1.54, 1.807) is 0 Å². The minimum absolute atomic E-state index is 0.142. The monoisotopic (exact) mass is 446 g/mol. The number of carbonyl (C=O) groups is 2. The van der Waals surface area contributed by atoms with Gasteiger partial charge in [0.05, 0.1) is 11.5 Å². The third-order valence-electron chi connectivity index (χ3n) is 4.74. The van der Waals surface area contributed by atoms with Gasteiger partial charge in [-0.1, -0.05) is 18.2 Å². The predicted octanol–water partition coefficient (Wildman–Crippen LogP) is 2.81. The van der Waals surface area contributed by atoms with E-state index in [9.17, 15) is 18.0 Å². The molecular formula is C22H26N2O6S. The van der Waals surface area contributed by atoms with E-state index < -0.39 is 28.5 Å². The van der Waals surface area contributed by atoms with E-state index in [1.807, 2.05) is 30.3 Å². The normalized spacial score (nSPS) is 14.2. The topological polar surface area (TPSA) is 102 Å². The number of benzene rings is 2. The molecule has 0 unspecified atom stereocenters. The van der Waals surface area contributed by atoms with Crippen LogP contribution < -0.4 is 10.1 Å². The fourth-order valence-corrected chi connectivity index (χ4v) is 4.64. The Morgan fingerprint density at radius 3 is 2.32 bits per heavy atom. The zero-order valence-electron chi connectivity index (χ0n) is 17.2. The minimum atomic E-state index is -3.49. The largest absolute Gasteiger partial charge is 0.494 e. The first kappa shape index (κ1) is 22.8. The van der Waals surface area contributed by atoms with E-state index >= 15 is 0 Å². The van der Waals surface area contributed by atoms with Crippen LogP contribution >= 0.6 is 0 Å². The predicted molar refractivity (Wildman–Crippen MR) is 115 cm³/mol. The van der Waals surface area contributed by atoms with Crippen LogP contribution in [-0.4, -0.2) is 50.9 Å². The number of hydrogen-bond acceptors (Lipinski definition) is 6. The second-order valence-corrected chi connectivity index (χ2v) is 9.05. The number of hydrogen-bond donors (Lipinski definition) is 1. The van der Waals surface area contributed by atoms with Crippen LogP contribution in [0.15, 0.2) is 59.5 Å². The first-order valence-corrected chi connectivity index (χ1v) is 11.6. The van der Waals surface area contributed by atoms with Gasteiger partial charge in [-0.25, -0.2) is 8.42 Å². The molecule has 3 rings (SSSR count). The lowest BCUT2D eigenvalue weighted by Gasteiger charge is -2.15. The van der Waals surface area contributed by atoms with Gasteiger partial charge in [-0.2, -0.15) is 4.31 Å². The van der Waals surface area contributed by atoms with E-state index in [1.165, 1.54) is 28.6 Å². The molecule has 1 amide bonds. The zero-order chi connectivity index (χ0) is 22.1. The number of sulfonamides is 1. The van der Waals surface area contributed by atoms with Crippen molar-refractivity contribution in [1.82, 2.24) is 4.31 Å². The van der Waals surface area contributed by atoms with Crippen molar-refractivity contribution < 1.29 is 27.5 Å². The highest BCUT2D eigenvalue weighted by molar-refractivity contribution is 7.89. The average molecular weight is 447 g/mol. The number of para-hydroxylation sites is 1. The Hall–Kier alpha value is -2.91. The Labute approximate surface area is 182 Å². The Kier molecular flexibility index (Phi) is 8.02. The van der Waals surface area contributed by atoms with Crippen molar-refractivity contribution in [2.45, 2.75) is 30.6 Å². The molecule has 8 nitrogen and oxygen atoms in total. The molecule has 1 fully saturated rings. The molecule has 0 aliphatic carbocycles. The summed E-state index contributed by atoms with van der Waals surface area (Å²) in [6, 6.07) is 15.2. The molecule has 166 valence electrons. The lowest BCUT2D eigenvalue weighted by molar-refractivity contribution is -0.147. The highest BCUT2D eigenvalue weighted by atomic mass is 32.2. The number of carbonyl (C=O) groups excluding carboxylic acids is 2. The van der Waals surface area contributed by atoms with Gasteiger partial charge in [0.25, 0.3) is 5.91 Å². The van der Waals surface area contributed by atoms with Crippen LogP contribution in [0.3, 0.4) is 0 Å². The molecule has 9 heteroatoms. The van der Waals surface area contributed by atoms with Crippen LogP contribution in [0.4, 0.5) is 5.69 Å². The Morgan fingerprint density at radius 1 is 0.968 bits per heavy atom. The Balaban J connectivity index is 1.36. The summed E-state index contributed by atoms with van der Waals surface area (Å²) in [5, 5.41) is 2.58. The smallest absolute Gasteiger partial charge is 0.306 e. The van der Waals surface area contributed by atoms with Gasteiger partial charge in [0.2, 0.25) is 10.0 Å². The number of nitrogens with one attached hydrogen (secondary N) is 1. The van der Waals surface area contributed by atoms with Crippen molar-refractivity contribution in [2.75, 3.05) is 31.6 Å². The number of ether oxygens (including phenoxy) is 2. The number of rotatable bonds is 10. The Bertz CT molecular complexity index is 971. The number of anilines is 1. The van der Waals surface area contributed by atoms with Gasteiger partial charge < -0.3 is 14.8 Å². The van der Waals surface area contributed by atoms with E-state index in [4.69, 9.17) is 9.47 Å². The molecule has 0 aromatic heterocycles. The van der Waals surface area contributed by atoms with Crippen LogP contribution in [0, 0.1) is 0 Å². The summed E-state index contributed by atoms with van der Waals surface area (Å²) in [7, 11) is -3.49. The quantitative estimate of drug-likeness (QED) is 0.445. The molecule has 1 aliphatic heterocycles. The van der Waals surface area contributed by atoms with Gasteiger partial charge in [-0.15, -0.1) is 0 Å². The van der Waals surface area contributed by atoms with E-state index in [0.717, 1.165) is 18.6 Å². The molecule has 1 N–H and O–H groups in total. The number of amides is 1. The zero-order valence-corrected chi connectivity index (χ0v) is 18.0. The molecule has 2 aromatic carbocycles. The maximum absolute atomic E-state index is 12.5. The first-order chi connectivity index (χ1) is 14.9. The first-order valence-electron chi connectivity index (χ1n) is 10.2. The van der Waals surface area contributed by atoms with Crippen LogP contribution in [0.2, 0.25) is 0 Å². The summed E-state index contributed by atoms with van der Waals surface area (Å²) in [6.45, 7) is 1.03. The molecule has 0 spiro atoms. The summed E-state index contributed by atoms with van der Waals surface area (Å²) in [4.78, 5) is 23.9. The van der Waals surface area contributed by atoms with E-state index in [2.05, 4.69) is 5.32 Å². The molecule has 1 heterocycles. The number of nitrogens with zero attached hydrogens (tertiary/aromatic N) is 1. The van der Waals surface area contributed by atoms with Crippen LogP contribution in [-0.2, 0) is 24.3 Å². The van der Waals surface area contributed by atoms with Crippen molar-refractivity contribution in [3.63, 3.8) is 0 Å². The summed E-state index contributed by atoms with van der Waals surface area (Å²) < 4.78 is 36.9. The van der Waals surface area contributed by atoms with Crippen LogP contribution in [0.5, 0.6) is 5.75 Å². The second kappa shape index (κ2) is 10.9.